The van der Waals surface area contributed by atoms with Gasteiger partial charge in [-0.2, -0.15) is 4.98 Å². The standard InChI is InChI=1S/C27H28N4O7S/c1-17-29-25(30-38-17)19-10-8-18(9-11-19)20-12-13-31(23(33)14-20)24(34)15-27(2,39(3,36)37)16-28-26(35)21-6-4-5-7-22(21)32/h4-14,24,32,34H,15-16H2,1-3H3,(H,28,35). The van der Waals surface area contributed by atoms with Crippen molar-refractivity contribution in [2.75, 3.05) is 12.8 Å². The molecular weight excluding hydrogens is 524 g/mol. The highest BCUT2D eigenvalue weighted by Gasteiger charge is 2.39. The number of nitrogens with one attached hydrogen (secondary N) is 1. The van der Waals surface area contributed by atoms with E-state index in [4.69, 9.17) is 4.52 Å². The Bertz CT molecular complexity index is 1660. The first kappa shape index (κ1) is 27.7. The van der Waals surface area contributed by atoms with E-state index in [2.05, 4.69) is 15.5 Å². The Morgan fingerprint density at radius 3 is 2.36 bits per heavy atom. The first-order chi connectivity index (χ1) is 18.4. The van der Waals surface area contributed by atoms with E-state index in [0.717, 1.165) is 21.9 Å². The topological polar surface area (TPSA) is 165 Å². The summed E-state index contributed by atoms with van der Waals surface area (Å²) < 4.78 is 29.8. The number of phenols is 1. The summed E-state index contributed by atoms with van der Waals surface area (Å²) in [5.74, 6) is -0.0221. The van der Waals surface area contributed by atoms with E-state index in [1.54, 1.807) is 49.4 Å². The van der Waals surface area contributed by atoms with Gasteiger partial charge < -0.3 is 20.1 Å². The quantitative estimate of drug-likeness (QED) is 0.283. The van der Waals surface area contributed by atoms with Crippen molar-refractivity contribution in [1.29, 1.82) is 0 Å². The molecule has 1 amide bonds. The fourth-order valence-electron chi connectivity index (χ4n) is 4.01. The fourth-order valence-corrected chi connectivity index (χ4v) is 4.80. The molecule has 3 N–H and O–H groups in total. The number of sulfone groups is 1. The Morgan fingerprint density at radius 2 is 1.77 bits per heavy atom. The van der Waals surface area contributed by atoms with Crippen LogP contribution in [0.15, 0.2) is 76.2 Å². The largest absolute Gasteiger partial charge is 0.507 e. The number of phenolic OH excluding ortho intramolecular Hbond substituents is 1. The van der Waals surface area contributed by atoms with Gasteiger partial charge in [0.25, 0.3) is 11.5 Å². The minimum absolute atomic E-state index is 0.0128. The van der Waals surface area contributed by atoms with Gasteiger partial charge in [-0.25, -0.2) is 8.42 Å². The Labute approximate surface area is 224 Å². The first-order valence-electron chi connectivity index (χ1n) is 12.0. The zero-order valence-electron chi connectivity index (χ0n) is 21.5. The molecule has 39 heavy (non-hydrogen) atoms. The Morgan fingerprint density at radius 1 is 1.10 bits per heavy atom. The Balaban J connectivity index is 1.51. The number of amides is 1. The number of aliphatic hydroxyl groups is 1. The lowest BCUT2D eigenvalue weighted by Crippen LogP contribution is -2.48. The van der Waals surface area contributed by atoms with Crippen LogP contribution in [0, 0.1) is 6.92 Å². The summed E-state index contributed by atoms with van der Waals surface area (Å²) in [6, 6.07) is 16.0. The van der Waals surface area contributed by atoms with Crippen LogP contribution < -0.4 is 10.9 Å². The molecule has 0 bridgehead atoms. The number of pyridine rings is 1. The van der Waals surface area contributed by atoms with Crippen molar-refractivity contribution in [3.63, 3.8) is 0 Å². The van der Waals surface area contributed by atoms with Crippen LogP contribution in [0.5, 0.6) is 5.75 Å². The molecule has 2 heterocycles. The number of hydrogen-bond donors (Lipinski definition) is 3. The van der Waals surface area contributed by atoms with Crippen LogP contribution in [0.1, 0.15) is 35.8 Å². The van der Waals surface area contributed by atoms with Crippen LogP contribution in [-0.2, 0) is 9.84 Å². The Kier molecular flexibility index (Phi) is 7.70. The smallest absolute Gasteiger partial charge is 0.255 e. The van der Waals surface area contributed by atoms with Crippen molar-refractivity contribution in [2.24, 2.45) is 0 Å². The monoisotopic (exact) mass is 552 g/mol. The van der Waals surface area contributed by atoms with Crippen LogP contribution in [0.3, 0.4) is 0 Å². The number of aromatic hydroxyl groups is 1. The number of aromatic nitrogens is 3. The summed E-state index contributed by atoms with van der Waals surface area (Å²) in [5, 5.41) is 27.2. The van der Waals surface area contributed by atoms with E-state index >= 15 is 0 Å². The van der Waals surface area contributed by atoms with Crippen LogP contribution in [0.2, 0.25) is 0 Å². The number of nitrogens with zero attached hydrogens (tertiary/aromatic N) is 3. The molecule has 2 aromatic heterocycles. The van der Waals surface area contributed by atoms with E-state index < -0.39 is 32.3 Å². The second kappa shape index (κ2) is 10.8. The number of carbonyl (C=O) groups excluding carboxylic acids is 1. The van der Waals surface area contributed by atoms with Crippen molar-refractivity contribution >= 4 is 15.7 Å². The van der Waals surface area contributed by atoms with Gasteiger partial charge in [-0.3, -0.25) is 14.2 Å². The number of rotatable bonds is 9. The number of aryl methyl sites for hydroxylation is 1. The lowest BCUT2D eigenvalue weighted by atomic mass is 10.0. The minimum atomic E-state index is -3.81. The molecule has 2 unspecified atom stereocenters. The van der Waals surface area contributed by atoms with Gasteiger partial charge >= 0.3 is 0 Å². The normalized spacial score (nSPS) is 13.9. The highest BCUT2D eigenvalue weighted by Crippen LogP contribution is 2.27. The maximum Gasteiger partial charge on any atom is 0.255 e. The summed E-state index contributed by atoms with van der Waals surface area (Å²) >= 11 is 0. The van der Waals surface area contributed by atoms with Crippen molar-refractivity contribution in [2.45, 2.75) is 31.2 Å². The third-order valence-corrected chi connectivity index (χ3v) is 8.66. The van der Waals surface area contributed by atoms with Gasteiger partial charge in [-0.15, -0.1) is 0 Å². The summed E-state index contributed by atoms with van der Waals surface area (Å²) in [6.07, 6.45) is 0.529. The second-order valence-corrected chi connectivity index (χ2v) is 12.0. The zero-order chi connectivity index (χ0) is 28.4. The van der Waals surface area contributed by atoms with E-state index in [1.165, 1.54) is 31.3 Å². The average Bonchev–Trinajstić information content (AvgIpc) is 3.33. The van der Waals surface area contributed by atoms with E-state index in [-0.39, 0.29) is 24.3 Å². The maximum atomic E-state index is 12.9. The van der Waals surface area contributed by atoms with Crippen LogP contribution >= 0.6 is 0 Å². The maximum absolute atomic E-state index is 12.9. The second-order valence-electron chi connectivity index (χ2n) is 9.48. The number of hydrogen-bond acceptors (Lipinski definition) is 9. The van der Waals surface area contributed by atoms with Gasteiger partial charge in [0.05, 0.1) is 10.3 Å². The molecule has 0 spiro atoms. The van der Waals surface area contributed by atoms with E-state index in [9.17, 15) is 28.2 Å². The van der Waals surface area contributed by atoms with Crippen LogP contribution in [-0.4, -0.2) is 56.8 Å². The van der Waals surface area contributed by atoms with Crippen molar-refractivity contribution < 1.29 is 27.9 Å². The predicted octanol–water partition coefficient (Wildman–Crippen LogP) is 2.69. The van der Waals surface area contributed by atoms with Gasteiger partial charge in [0.1, 0.15) is 12.0 Å². The number of aliphatic hydroxyl groups excluding tert-OH is 1. The lowest BCUT2D eigenvalue weighted by molar-refractivity contribution is 0.0767. The third-order valence-electron chi connectivity index (χ3n) is 6.55. The SMILES string of the molecule is Cc1nc(-c2ccc(-c3ccn(C(O)CC(C)(CNC(=O)c4ccccc4O)S(C)(=O)=O)c(=O)c3)cc2)no1. The number of benzene rings is 2. The minimum Gasteiger partial charge on any atom is -0.507 e. The third kappa shape index (κ3) is 6.07. The molecule has 11 nitrogen and oxygen atoms in total. The van der Waals surface area contributed by atoms with E-state index in [1.807, 2.05) is 0 Å². The molecule has 2 atom stereocenters. The van der Waals surface area contributed by atoms with E-state index in [0.29, 0.717) is 17.3 Å². The van der Waals surface area contributed by atoms with Crippen LogP contribution in [0.4, 0.5) is 0 Å². The van der Waals surface area contributed by atoms with Gasteiger partial charge in [0.2, 0.25) is 11.7 Å². The fraction of sp³-hybridized carbons (Fsp3) is 0.259. The Hall–Kier alpha value is -4.29. The molecular formula is C27H28N4O7S. The van der Waals surface area contributed by atoms with Crippen molar-refractivity contribution in [1.82, 2.24) is 20.0 Å². The van der Waals surface area contributed by atoms with Crippen LogP contribution in [0.25, 0.3) is 22.5 Å². The van der Waals surface area contributed by atoms with Gasteiger partial charge in [-0.1, -0.05) is 41.6 Å². The average molecular weight is 553 g/mol. The molecule has 2 aromatic carbocycles. The predicted molar refractivity (Wildman–Crippen MR) is 144 cm³/mol. The summed E-state index contributed by atoms with van der Waals surface area (Å²) in [5.41, 5.74) is 1.53. The summed E-state index contributed by atoms with van der Waals surface area (Å²) in [4.78, 5) is 29.6. The molecule has 0 saturated carbocycles. The molecule has 0 fully saturated rings. The highest BCUT2D eigenvalue weighted by atomic mass is 32.2. The molecule has 0 saturated heterocycles. The number of para-hydroxylation sites is 1. The number of carbonyl (C=O) groups is 1. The summed E-state index contributed by atoms with van der Waals surface area (Å²) in [6.45, 7) is 2.72. The molecule has 12 heteroatoms. The molecule has 204 valence electrons. The molecule has 4 rings (SSSR count). The highest BCUT2D eigenvalue weighted by molar-refractivity contribution is 7.92. The molecule has 0 radical (unpaired) electrons. The summed E-state index contributed by atoms with van der Waals surface area (Å²) in [7, 11) is -3.81. The zero-order valence-corrected chi connectivity index (χ0v) is 22.3. The molecule has 0 aliphatic carbocycles. The lowest BCUT2D eigenvalue weighted by Gasteiger charge is -2.30. The molecule has 4 aromatic rings. The van der Waals surface area contributed by atoms with Gasteiger partial charge in [0.15, 0.2) is 9.84 Å². The van der Waals surface area contributed by atoms with Gasteiger partial charge in [-0.05, 0) is 36.2 Å². The molecule has 0 aliphatic heterocycles. The van der Waals surface area contributed by atoms with Crippen molar-refractivity contribution in [3.05, 3.63) is 88.7 Å². The molecule has 0 aliphatic rings. The van der Waals surface area contributed by atoms with Crippen molar-refractivity contribution in [3.8, 4) is 28.3 Å². The first-order valence-corrected chi connectivity index (χ1v) is 13.8. The van der Waals surface area contributed by atoms with Gasteiger partial charge in [0, 0.05) is 44.0 Å².